The van der Waals surface area contributed by atoms with Crippen molar-refractivity contribution in [1.29, 1.82) is 0 Å². The van der Waals surface area contributed by atoms with Gasteiger partial charge in [-0.25, -0.2) is 13.1 Å². The smallest absolute Gasteiger partial charge is 0.241 e. The fraction of sp³-hybridized carbons (Fsp3) is 0.571. The highest BCUT2D eigenvalue weighted by Crippen LogP contribution is 2.23. The third-order valence-corrected chi connectivity index (χ3v) is 6.01. The highest BCUT2D eigenvalue weighted by Gasteiger charge is 2.18. The van der Waals surface area contributed by atoms with Crippen LogP contribution in [0.1, 0.15) is 31.2 Å². The van der Waals surface area contributed by atoms with E-state index in [-0.39, 0.29) is 11.4 Å². The second-order valence-electron chi connectivity index (χ2n) is 5.14. The molecule has 1 aromatic carbocycles. The van der Waals surface area contributed by atoms with Crippen LogP contribution in [0.2, 0.25) is 0 Å². The summed E-state index contributed by atoms with van der Waals surface area (Å²) in [6.07, 6.45) is 4.87. The predicted octanol–water partition coefficient (Wildman–Crippen LogP) is 2.15. The van der Waals surface area contributed by atoms with E-state index in [1.807, 2.05) is 0 Å². The lowest BCUT2D eigenvalue weighted by molar-refractivity contribution is 0.0626. The Bertz CT molecular complexity index is 572. The Hall–Kier alpha value is -0.470. The summed E-state index contributed by atoms with van der Waals surface area (Å²) in [4.78, 5) is 0.223. The number of sulfonamides is 1. The van der Waals surface area contributed by atoms with Gasteiger partial charge in [0.15, 0.2) is 0 Å². The maximum Gasteiger partial charge on any atom is 0.241 e. The second-order valence-corrected chi connectivity index (χ2v) is 7.73. The molecule has 1 aliphatic carbocycles. The molecular weight excluding hydrogens is 356 g/mol. The number of nitrogens with one attached hydrogen (secondary N) is 1. The minimum absolute atomic E-state index is 0.223. The maximum absolute atomic E-state index is 12.2. The van der Waals surface area contributed by atoms with Crippen molar-refractivity contribution in [3.05, 3.63) is 28.2 Å². The Balaban J connectivity index is 1.88. The van der Waals surface area contributed by atoms with Crippen LogP contribution in [-0.4, -0.2) is 27.7 Å². The van der Waals surface area contributed by atoms with Gasteiger partial charge in [-0.3, -0.25) is 0 Å². The predicted molar refractivity (Wildman–Crippen MR) is 85.4 cm³/mol. The van der Waals surface area contributed by atoms with Gasteiger partial charge in [-0.05, 0) is 46.5 Å². The first-order valence-electron chi connectivity index (χ1n) is 7.12. The molecule has 1 saturated carbocycles. The third kappa shape index (κ3) is 4.75. The van der Waals surface area contributed by atoms with E-state index in [0.29, 0.717) is 23.7 Å². The zero-order chi connectivity index (χ0) is 15.3. The third-order valence-electron chi connectivity index (χ3n) is 3.57. The van der Waals surface area contributed by atoms with Gasteiger partial charge in [0.1, 0.15) is 0 Å². The molecule has 0 spiro atoms. The zero-order valence-corrected chi connectivity index (χ0v) is 14.2. The summed E-state index contributed by atoms with van der Waals surface area (Å²) in [6.45, 7) is 1.06. The zero-order valence-electron chi connectivity index (χ0n) is 11.8. The molecule has 1 aromatic rings. The van der Waals surface area contributed by atoms with Gasteiger partial charge in [0.2, 0.25) is 10.0 Å². The highest BCUT2D eigenvalue weighted by molar-refractivity contribution is 9.10. The molecule has 0 aliphatic heterocycles. The Morgan fingerprint density at radius 3 is 2.67 bits per heavy atom. The van der Waals surface area contributed by atoms with Crippen molar-refractivity contribution in [2.75, 3.05) is 13.2 Å². The van der Waals surface area contributed by atoms with E-state index in [4.69, 9.17) is 10.5 Å². The van der Waals surface area contributed by atoms with Crippen LogP contribution in [-0.2, 0) is 21.3 Å². The van der Waals surface area contributed by atoms with Crippen LogP contribution in [0.4, 0.5) is 0 Å². The van der Waals surface area contributed by atoms with E-state index < -0.39 is 10.0 Å². The van der Waals surface area contributed by atoms with E-state index in [1.54, 1.807) is 18.2 Å². The minimum Gasteiger partial charge on any atom is -0.377 e. The lowest BCUT2D eigenvalue weighted by Gasteiger charge is -2.12. The number of hydrogen-bond donors (Lipinski definition) is 2. The van der Waals surface area contributed by atoms with Crippen LogP contribution in [0, 0.1) is 0 Å². The molecule has 3 N–H and O–H groups in total. The second kappa shape index (κ2) is 7.69. The summed E-state index contributed by atoms with van der Waals surface area (Å²) in [5, 5.41) is 0. The van der Waals surface area contributed by atoms with Gasteiger partial charge >= 0.3 is 0 Å². The molecule has 5 nitrogen and oxygen atoms in total. The largest absolute Gasteiger partial charge is 0.377 e. The fourth-order valence-corrected chi connectivity index (χ4v) is 4.56. The highest BCUT2D eigenvalue weighted by atomic mass is 79.9. The van der Waals surface area contributed by atoms with Gasteiger partial charge in [-0.2, -0.15) is 0 Å². The Morgan fingerprint density at radius 1 is 1.33 bits per heavy atom. The van der Waals surface area contributed by atoms with Gasteiger partial charge in [-0.1, -0.05) is 18.9 Å². The van der Waals surface area contributed by atoms with E-state index in [1.165, 1.54) is 12.8 Å². The van der Waals surface area contributed by atoms with Crippen molar-refractivity contribution in [1.82, 2.24) is 4.72 Å². The molecule has 0 bridgehead atoms. The van der Waals surface area contributed by atoms with Crippen molar-refractivity contribution in [3.63, 3.8) is 0 Å². The molecular formula is C14H21BrN2O3S. The fourth-order valence-electron chi connectivity index (χ4n) is 2.42. The molecule has 1 fully saturated rings. The Kier molecular flexibility index (Phi) is 6.19. The number of nitrogens with two attached hydrogens (primary N) is 1. The van der Waals surface area contributed by atoms with E-state index in [2.05, 4.69) is 20.7 Å². The monoisotopic (exact) mass is 376 g/mol. The molecule has 2 rings (SSSR count). The first-order chi connectivity index (χ1) is 10.0. The molecule has 0 amide bonds. The summed E-state index contributed by atoms with van der Waals surface area (Å²) >= 11 is 3.28. The van der Waals surface area contributed by atoms with Crippen molar-refractivity contribution in [2.45, 2.75) is 43.2 Å². The molecule has 0 aromatic heterocycles. The lowest BCUT2D eigenvalue weighted by Crippen LogP contribution is -2.29. The average molecular weight is 377 g/mol. The Labute approximate surface area is 134 Å². The van der Waals surface area contributed by atoms with Gasteiger partial charge < -0.3 is 10.5 Å². The molecule has 1 aliphatic rings. The van der Waals surface area contributed by atoms with Gasteiger partial charge in [0, 0.05) is 17.6 Å². The van der Waals surface area contributed by atoms with Gasteiger partial charge in [0.25, 0.3) is 0 Å². The van der Waals surface area contributed by atoms with Crippen LogP contribution >= 0.6 is 15.9 Å². The van der Waals surface area contributed by atoms with Crippen LogP contribution in [0.3, 0.4) is 0 Å². The summed E-state index contributed by atoms with van der Waals surface area (Å²) < 4.78 is 33.2. The summed E-state index contributed by atoms with van der Waals surface area (Å²) in [5.74, 6) is 0. The quantitative estimate of drug-likeness (QED) is 0.714. The van der Waals surface area contributed by atoms with Gasteiger partial charge in [0.05, 0.1) is 17.6 Å². The number of halogens is 1. The van der Waals surface area contributed by atoms with Gasteiger partial charge in [-0.15, -0.1) is 0 Å². The maximum atomic E-state index is 12.2. The van der Waals surface area contributed by atoms with E-state index >= 15 is 0 Å². The molecule has 118 valence electrons. The van der Waals surface area contributed by atoms with E-state index in [9.17, 15) is 8.42 Å². The van der Waals surface area contributed by atoms with Crippen molar-refractivity contribution >= 4 is 26.0 Å². The Morgan fingerprint density at radius 2 is 2.05 bits per heavy atom. The molecule has 0 atom stereocenters. The van der Waals surface area contributed by atoms with Crippen LogP contribution in [0.15, 0.2) is 27.6 Å². The topological polar surface area (TPSA) is 81.4 Å². The standard InChI is InChI=1S/C14H21BrN2O3S/c15-13-9-11(10-16)5-6-14(13)21(18,19)17-7-8-20-12-3-1-2-4-12/h5-6,9,12,17H,1-4,7-8,10,16H2. The first kappa shape index (κ1) is 16.9. The summed E-state index contributed by atoms with van der Waals surface area (Å²) in [7, 11) is -3.53. The first-order valence-corrected chi connectivity index (χ1v) is 9.40. The lowest BCUT2D eigenvalue weighted by atomic mass is 10.2. The van der Waals surface area contributed by atoms with Crippen LogP contribution < -0.4 is 10.5 Å². The van der Waals surface area contributed by atoms with Crippen molar-refractivity contribution < 1.29 is 13.2 Å². The molecule has 7 heteroatoms. The van der Waals surface area contributed by atoms with Crippen molar-refractivity contribution in [3.8, 4) is 0 Å². The van der Waals surface area contributed by atoms with Crippen molar-refractivity contribution in [2.24, 2.45) is 5.73 Å². The summed E-state index contributed by atoms with van der Waals surface area (Å²) in [6, 6.07) is 5.00. The number of hydrogen-bond acceptors (Lipinski definition) is 4. The normalized spacial score (nSPS) is 16.5. The number of benzene rings is 1. The summed E-state index contributed by atoms with van der Waals surface area (Å²) in [5.41, 5.74) is 6.41. The number of rotatable bonds is 7. The molecule has 0 heterocycles. The molecule has 21 heavy (non-hydrogen) atoms. The average Bonchev–Trinajstić information content (AvgIpc) is 2.96. The number of ether oxygens (including phenoxy) is 1. The SMILES string of the molecule is NCc1ccc(S(=O)(=O)NCCOC2CCCC2)c(Br)c1. The molecule has 0 unspecified atom stereocenters. The van der Waals surface area contributed by atoms with Crippen LogP contribution in [0.5, 0.6) is 0 Å². The molecule has 0 radical (unpaired) electrons. The van der Waals surface area contributed by atoms with Crippen LogP contribution in [0.25, 0.3) is 0 Å². The van der Waals surface area contributed by atoms with E-state index in [0.717, 1.165) is 18.4 Å². The molecule has 0 saturated heterocycles. The minimum atomic E-state index is -3.53.